The smallest absolute Gasteiger partial charge is 0.0963 e. The van der Waals surface area contributed by atoms with Gasteiger partial charge in [-0.25, -0.2) is 4.52 Å². The van der Waals surface area contributed by atoms with E-state index in [0.717, 1.165) is 45.1 Å². The molecule has 0 aliphatic carbocycles. The van der Waals surface area contributed by atoms with E-state index >= 15 is 0 Å². The van der Waals surface area contributed by atoms with Crippen LogP contribution in [0, 0.1) is 6.92 Å². The highest BCUT2D eigenvalue weighted by Gasteiger charge is 2.19. The number of hydrogen-bond donors (Lipinski definition) is 0. The third kappa shape index (κ3) is 5.65. The van der Waals surface area contributed by atoms with E-state index in [-0.39, 0.29) is 0 Å². The van der Waals surface area contributed by atoms with Crippen LogP contribution in [0.2, 0.25) is 0 Å². The zero-order valence-electron chi connectivity index (χ0n) is 28.3. The van der Waals surface area contributed by atoms with E-state index in [4.69, 9.17) is 5.10 Å². The quantitative estimate of drug-likeness (QED) is 0.171. The van der Waals surface area contributed by atoms with Crippen LogP contribution in [0.4, 0.5) is 17.1 Å². The van der Waals surface area contributed by atoms with E-state index in [2.05, 4.69) is 210 Å². The SMILES string of the molecule is Cc1c(-c2ccc(N(c3cccc(-c4ccccc4)c3)c3cccc(-c4ccccc4)c3)cc2)nn2c(-c3ccccc3)cc3ccccc3c12. The number of aryl methyl sites for hydroxylation is 1. The average molecular weight is 654 g/mol. The predicted octanol–water partition coefficient (Wildman–Crippen LogP) is 12.9. The average Bonchev–Trinajstić information content (AvgIpc) is 3.56. The fourth-order valence-electron chi connectivity index (χ4n) is 7.25. The highest BCUT2D eigenvalue weighted by atomic mass is 15.2. The van der Waals surface area contributed by atoms with E-state index in [9.17, 15) is 0 Å². The molecule has 0 radical (unpaired) electrons. The molecule has 0 saturated heterocycles. The van der Waals surface area contributed by atoms with Crippen LogP contribution in [0.25, 0.3) is 61.1 Å². The van der Waals surface area contributed by atoms with Gasteiger partial charge in [-0.2, -0.15) is 5.10 Å². The lowest BCUT2D eigenvalue weighted by Gasteiger charge is -2.26. The van der Waals surface area contributed by atoms with Gasteiger partial charge in [0.25, 0.3) is 0 Å². The first kappa shape index (κ1) is 30.4. The summed E-state index contributed by atoms with van der Waals surface area (Å²) in [6.45, 7) is 2.20. The van der Waals surface area contributed by atoms with Gasteiger partial charge >= 0.3 is 0 Å². The molecule has 0 aliphatic heterocycles. The number of anilines is 3. The fraction of sp³-hybridized carbons (Fsp3) is 0.0208. The lowest BCUT2D eigenvalue weighted by atomic mass is 10.0. The summed E-state index contributed by atoms with van der Waals surface area (Å²) in [5.74, 6) is 0. The van der Waals surface area contributed by atoms with E-state index in [1.54, 1.807) is 0 Å². The van der Waals surface area contributed by atoms with Crippen LogP contribution in [-0.4, -0.2) is 9.61 Å². The van der Waals surface area contributed by atoms with Gasteiger partial charge < -0.3 is 4.90 Å². The van der Waals surface area contributed by atoms with Crippen LogP contribution in [0.3, 0.4) is 0 Å². The van der Waals surface area contributed by atoms with Gasteiger partial charge in [-0.3, -0.25) is 0 Å². The Morgan fingerprint density at radius 2 is 0.922 bits per heavy atom. The molecule has 0 amide bonds. The van der Waals surface area contributed by atoms with Crippen LogP contribution >= 0.6 is 0 Å². The summed E-state index contributed by atoms with van der Waals surface area (Å²) in [5, 5.41) is 7.70. The van der Waals surface area contributed by atoms with Crippen molar-refractivity contribution in [1.29, 1.82) is 0 Å². The molecule has 242 valence electrons. The highest BCUT2D eigenvalue weighted by Crippen LogP contribution is 2.40. The van der Waals surface area contributed by atoms with Crippen LogP contribution in [0.1, 0.15) is 5.56 Å². The van der Waals surface area contributed by atoms with Gasteiger partial charge in [0.1, 0.15) is 0 Å². The van der Waals surface area contributed by atoms with Gasteiger partial charge in [0, 0.05) is 39.1 Å². The second-order valence-electron chi connectivity index (χ2n) is 12.9. The summed E-state index contributed by atoms with van der Waals surface area (Å²) >= 11 is 0. The summed E-state index contributed by atoms with van der Waals surface area (Å²) < 4.78 is 2.13. The zero-order valence-corrected chi connectivity index (χ0v) is 28.3. The number of benzene rings is 7. The third-order valence-corrected chi connectivity index (χ3v) is 9.75. The van der Waals surface area contributed by atoms with Crippen LogP contribution < -0.4 is 4.90 Å². The molecule has 2 heterocycles. The molecule has 9 rings (SSSR count). The van der Waals surface area contributed by atoms with Crippen molar-refractivity contribution >= 4 is 33.4 Å². The molecule has 9 aromatic rings. The Hall–Kier alpha value is -6.71. The molecular weight excluding hydrogens is 619 g/mol. The predicted molar refractivity (Wildman–Crippen MR) is 214 cm³/mol. The Bertz CT molecular complexity index is 2540. The van der Waals surface area contributed by atoms with Gasteiger partial charge in [-0.05, 0) is 77.0 Å². The molecule has 0 aliphatic rings. The lowest BCUT2D eigenvalue weighted by molar-refractivity contribution is 0.979. The number of nitrogens with zero attached hydrogens (tertiary/aromatic N) is 3. The highest BCUT2D eigenvalue weighted by molar-refractivity contribution is 6.01. The van der Waals surface area contributed by atoms with Crippen molar-refractivity contribution in [2.75, 3.05) is 4.90 Å². The number of hydrogen-bond acceptors (Lipinski definition) is 2. The summed E-state index contributed by atoms with van der Waals surface area (Å²) in [5.41, 5.74) is 14.6. The maximum absolute atomic E-state index is 5.29. The number of aromatic nitrogens is 2. The minimum Gasteiger partial charge on any atom is -0.310 e. The molecule has 2 aromatic heterocycles. The van der Waals surface area contributed by atoms with Crippen molar-refractivity contribution in [3.63, 3.8) is 0 Å². The molecule has 3 nitrogen and oxygen atoms in total. The Morgan fingerprint density at radius 1 is 0.412 bits per heavy atom. The molecule has 0 unspecified atom stereocenters. The number of fused-ring (bicyclic) bond motifs is 3. The van der Waals surface area contributed by atoms with Gasteiger partial charge in [0.05, 0.1) is 16.9 Å². The van der Waals surface area contributed by atoms with Crippen molar-refractivity contribution in [2.24, 2.45) is 0 Å². The molecule has 7 aromatic carbocycles. The molecule has 0 bridgehead atoms. The summed E-state index contributed by atoms with van der Waals surface area (Å²) in [4.78, 5) is 2.35. The van der Waals surface area contributed by atoms with Gasteiger partial charge in [0.2, 0.25) is 0 Å². The molecule has 0 spiro atoms. The van der Waals surface area contributed by atoms with Crippen molar-refractivity contribution in [2.45, 2.75) is 6.92 Å². The van der Waals surface area contributed by atoms with Gasteiger partial charge in [-0.15, -0.1) is 0 Å². The molecular formula is C48H35N3. The molecule has 51 heavy (non-hydrogen) atoms. The Morgan fingerprint density at radius 3 is 1.51 bits per heavy atom. The first-order chi connectivity index (χ1) is 25.2. The minimum absolute atomic E-state index is 0.985. The van der Waals surface area contributed by atoms with Crippen LogP contribution in [0.15, 0.2) is 194 Å². The minimum atomic E-state index is 0.985. The maximum Gasteiger partial charge on any atom is 0.0963 e. The molecule has 0 N–H and O–H groups in total. The fourth-order valence-corrected chi connectivity index (χ4v) is 7.25. The monoisotopic (exact) mass is 653 g/mol. The first-order valence-electron chi connectivity index (χ1n) is 17.4. The number of rotatable bonds is 7. The molecule has 0 fully saturated rings. The maximum atomic E-state index is 5.29. The van der Waals surface area contributed by atoms with E-state index < -0.39 is 0 Å². The number of pyridine rings is 1. The summed E-state index contributed by atoms with van der Waals surface area (Å²) in [7, 11) is 0. The normalized spacial score (nSPS) is 11.2. The molecule has 3 heteroatoms. The standard InChI is InChI=1S/C48H35N3/c1-34-47(49-51-46(37-19-9-4-10-20-37)33-41-21-11-12-26-45(41)48(34)51)38-27-29-42(30-28-38)50(43-24-13-22-39(31-43)35-15-5-2-6-16-35)44-25-14-23-40(32-44)36-17-7-3-8-18-36/h2-33H,1H3. The molecule has 0 saturated carbocycles. The molecule has 0 atom stereocenters. The second-order valence-corrected chi connectivity index (χ2v) is 12.9. The second kappa shape index (κ2) is 13.0. The topological polar surface area (TPSA) is 20.5 Å². The largest absolute Gasteiger partial charge is 0.310 e. The Kier molecular flexibility index (Phi) is 7.71. The van der Waals surface area contributed by atoms with Crippen LogP contribution in [0.5, 0.6) is 0 Å². The van der Waals surface area contributed by atoms with Gasteiger partial charge in [0.15, 0.2) is 0 Å². The van der Waals surface area contributed by atoms with E-state index in [1.807, 2.05) is 0 Å². The lowest BCUT2D eigenvalue weighted by Crippen LogP contribution is -2.10. The van der Waals surface area contributed by atoms with Crippen molar-refractivity contribution < 1.29 is 0 Å². The summed E-state index contributed by atoms with van der Waals surface area (Å²) in [6, 6.07) is 69.0. The van der Waals surface area contributed by atoms with Crippen molar-refractivity contribution in [3.05, 3.63) is 200 Å². The first-order valence-corrected chi connectivity index (χ1v) is 17.4. The third-order valence-electron chi connectivity index (χ3n) is 9.75. The van der Waals surface area contributed by atoms with Crippen molar-refractivity contribution in [1.82, 2.24) is 9.61 Å². The zero-order chi connectivity index (χ0) is 34.1. The summed E-state index contributed by atoms with van der Waals surface area (Å²) in [6.07, 6.45) is 0. The van der Waals surface area contributed by atoms with Crippen molar-refractivity contribution in [3.8, 4) is 44.8 Å². The Labute approximate surface area is 298 Å². The van der Waals surface area contributed by atoms with E-state index in [0.29, 0.717) is 0 Å². The van der Waals surface area contributed by atoms with Gasteiger partial charge in [-0.1, -0.05) is 152 Å². The van der Waals surface area contributed by atoms with E-state index in [1.165, 1.54) is 38.6 Å². The Balaban J connectivity index is 1.18. The van der Waals surface area contributed by atoms with Crippen LogP contribution in [-0.2, 0) is 0 Å².